The molecule has 3 rings (SSSR count). The summed E-state index contributed by atoms with van der Waals surface area (Å²) in [6.07, 6.45) is 4.19. The minimum absolute atomic E-state index is 0.0677. The Morgan fingerprint density at radius 2 is 2.17 bits per heavy atom. The molecule has 0 saturated carbocycles. The number of aliphatic hydroxyl groups excluding tert-OH is 1. The van der Waals surface area contributed by atoms with E-state index in [1.165, 1.54) is 0 Å². The fourth-order valence-corrected chi connectivity index (χ4v) is 3.95. The smallest absolute Gasteiger partial charge is 0.134 e. The Labute approximate surface area is 143 Å². The summed E-state index contributed by atoms with van der Waals surface area (Å²) in [5.74, 6) is 2.09. The fraction of sp³-hybridized carbons (Fsp3) is 0.765. The van der Waals surface area contributed by atoms with Crippen molar-refractivity contribution >= 4 is 11.6 Å². The van der Waals surface area contributed by atoms with Crippen LogP contribution in [-0.4, -0.2) is 65.2 Å². The fourth-order valence-electron chi connectivity index (χ4n) is 3.95. The topological polar surface area (TPSA) is 90.7 Å². The van der Waals surface area contributed by atoms with Crippen molar-refractivity contribution in [2.24, 2.45) is 11.8 Å². The summed E-state index contributed by atoms with van der Waals surface area (Å²) in [5, 5.41) is 23.2. The Bertz CT molecular complexity index is 538. The molecule has 0 aromatic carbocycles. The molecule has 0 unspecified atom stereocenters. The molecule has 2 aliphatic heterocycles. The summed E-state index contributed by atoms with van der Waals surface area (Å²) < 4.78 is 5.44. The zero-order valence-electron chi connectivity index (χ0n) is 14.3. The van der Waals surface area contributed by atoms with E-state index in [4.69, 9.17) is 9.84 Å². The predicted molar refractivity (Wildman–Crippen MR) is 92.1 cm³/mol. The van der Waals surface area contributed by atoms with Crippen molar-refractivity contribution in [2.75, 3.05) is 49.7 Å². The van der Waals surface area contributed by atoms with Gasteiger partial charge in [0.1, 0.15) is 18.0 Å². The van der Waals surface area contributed by atoms with Gasteiger partial charge >= 0.3 is 0 Å². The molecule has 0 radical (unpaired) electrons. The number of piperidine rings is 1. The lowest BCUT2D eigenvalue weighted by molar-refractivity contribution is -0.108. The van der Waals surface area contributed by atoms with E-state index >= 15 is 0 Å². The van der Waals surface area contributed by atoms with Gasteiger partial charge in [-0.3, -0.25) is 0 Å². The van der Waals surface area contributed by atoms with Crippen molar-refractivity contribution in [2.45, 2.75) is 31.8 Å². The van der Waals surface area contributed by atoms with Crippen LogP contribution in [0.2, 0.25) is 0 Å². The van der Waals surface area contributed by atoms with Crippen LogP contribution >= 0.6 is 0 Å². The van der Waals surface area contributed by atoms with Crippen LogP contribution in [0.3, 0.4) is 0 Å². The van der Waals surface area contributed by atoms with Gasteiger partial charge in [-0.15, -0.1) is 0 Å². The first-order valence-corrected chi connectivity index (χ1v) is 8.85. The molecule has 0 spiro atoms. The van der Waals surface area contributed by atoms with Gasteiger partial charge in [0, 0.05) is 44.8 Å². The first-order valence-electron chi connectivity index (χ1n) is 8.85. The molecule has 0 bridgehead atoms. The van der Waals surface area contributed by atoms with E-state index in [1.807, 2.05) is 6.07 Å². The third-order valence-electron chi connectivity index (χ3n) is 5.45. The van der Waals surface area contributed by atoms with E-state index in [2.05, 4.69) is 27.1 Å². The number of anilines is 2. The Morgan fingerprint density at radius 3 is 2.88 bits per heavy atom. The molecule has 1 aromatic heterocycles. The van der Waals surface area contributed by atoms with Crippen LogP contribution in [0.25, 0.3) is 0 Å². The predicted octanol–water partition coefficient (Wildman–Crippen LogP) is 0.885. The summed E-state index contributed by atoms with van der Waals surface area (Å²) in [4.78, 5) is 10.8. The first-order chi connectivity index (χ1) is 11.6. The number of aromatic nitrogens is 2. The number of ether oxygens (including phenoxy) is 1. The molecule has 2 atom stereocenters. The Kier molecular flexibility index (Phi) is 5.53. The Balaban J connectivity index is 1.66. The first kappa shape index (κ1) is 17.4. The minimum atomic E-state index is -0.606. The second-order valence-corrected chi connectivity index (χ2v) is 6.89. The summed E-state index contributed by atoms with van der Waals surface area (Å²) in [6.45, 7) is 5.76. The zero-order valence-corrected chi connectivity index (χ0v) is 14.3. The van der Waals surface area contributed by atoms with E-state index < -0.39 is 5.60 Å². The van der Waals surface area contributed by atoms with Crippen molar-refractivity contribution in [1.29, 1.82) is 0 Å². The SMILES string of the molecule is C[C@@H]1CN(c2cc(NCCO)ncn2)CC[C@@]1(O)C1CCOCC1. The van der Waals surface area contributed by atoms with Gasteiger partial charge in [-0.25, -0.2) is 9.97 Å². The molecule has 2 saturated heterocycles. The van der Waals surface area contributed by atoms with Crippen LogP contribution < -0.4 is 10.2 Å². The highest BCUT2D eigenvalue weighted by molar-refractivity contribution is 5.49. The summed E-state index contributed by atoms with van der Waals surface area (Å²) in [6, 6.07) is 1.90. The summed E-state index contributed by atoms with van der Waals surface area (Å²) in [7, 11) is 0. The van der Waals surface area contributed by atoms with Gasteiger partial charge in [0.05, 0.1) is 12.2 Å². The van der Waals surface area contributed by atoms with Crippen molar-refractivity contribution < 1.29 is 14.9 Å². The van der Waals surface area contributed by atoms with Crippen LogP contribution in [0.1, 0.15) is 26.2 Å². The lowest BCUT2D eigenvalue weighted by Crippen LogP contribution is -2.56. The van der Waals surface area contributed by atoms with Crippen LogP contribution in [0, 0.1) is 11.8 Å². The van der Waals surface area contributed by atoms with Crippen LogP contribution in [0.4, 0.5) is 11.6 Å². The van der Waals surface area contributed by atoms with Gasteiger partial charge in [0.2, 0.25) is 0 Å². The molecule has 2 fully saturated rings. The second kappa shape index (κ2) is 7.63. The standard InChI is InChI=1S/C17H28N4O3/c1-13-11-21(16-10-15(18-5-7-22)19-12-20-16)6-4-17(13,23)14-2-8-24-9-3-14/h10,12-14,22-23H,2-9,11H2,1H3,(H,18,19,20)/t13-,17+/m1/s1. The van der Waals surface area contributed by atoms with Crippen LogP contribution in [-0.2, 0) is 4.74 Å². The number of nitrogens with one attached hydrogen (secondary N) is 1. The van der Waals surface area contributed by atoms with E-state index in [0.29, 0.717) is 18.3 Å². The van der Waals surface area contributed by atoms with Gasteiger partial charge in [0.15, 0.2) is 0 Å². The summed E-state index contributed by atoms with van der Waals surface area (Å²) in [5.41, 5.74) is -0.606. The molecule has 1 aromatic rings. The van der Waals surface area contributed by atoms with Gasteiger partial charge in [0.25, 0.3) is 0 Å². The van der Waals surface area contributed by atoms with E-state index in [9.17, 15) is 5.11 Å². The van der Waals surface area contributed by atoms with E-state index in [0.717, 1.165) is 51.4 Å². The number of nitrogens with zero attached hydrogens (tertiary/aromatic N) is 3. The normalized spacial score (nSPS) is 28.8. The maximum Gasteiger partial charge on any atom is 0.134 e. The Morgan fingerprint density at radius 1 is 1.38 bits per heavy atom. The quantitative estimate of drug-likeness (QED) is 0.735. The summed E-state index contributed by atoms with van der Waals surface area (Å²) >= 11 is 0. The highest BCUT2D eigenvalue weighted by Crippen LogP contribution is 2.40. The molecule has 0 amide bonds. The maximum atomic E-state index is 11.2. The van der Waals surface area contributed by atoms with Crippen molar-refractivity contribution in [3.05, 3.63) is 12.4 Å². The van der Waals surface area contributed by atoms with Crippen molar-refractivity contribution in [3.8, 4) is 0 Å². The third kappa shape index (κ3) is 3.63. The second-order valence-electron chi connectivity index (χ2n) is 6.89. The minimum Gasteiger partial charge on any atom is -0.395 e. The van der Waals surface area contributed by atoms with Crippen LogP contribution in [0.15, 0.2) is 12.4 Å². The molecule has 7 heteroatoms. The van der Waals surface area contributed by atoms with Gasteiger partial charge in [-0.05, 0) is 25.2 Å². The zero-order chi connectivity index (χ0) is 17.0. The lowest BCUT2D eigenvalue weighted by Gasteiger charge is -2.48. The van der Waals surface area contributed by atoms with Crippen molar-refractivity contribution in [3.63, 3.8) is 0 Å². The molecular formula is C17H28N4O3. The van der Waals surface area contributed by atoms with E-state index in [-0.39, 0.29) is 12.5 Å². The number of rotatable bonds is 5. The molecular weight excluding hydrogens is 308 g/mol. The molecule has 3 N–H and O–H groups in total. The van der Waals surface area contributed by atoms with Crippen LogP contribution in [0.5, 0.6) is 0 Å². The average molecular weight is 336 g/mol. The van der Waals surface area contributed by atoms with Gasteiger partial charge in [-0.2, -0.15) is 0 Å². The third-order valence-corrected chi connectivity index (χ3v) is 5.45. The molecule has 24 heavy (non-hydrogen) atoms. The molecule has 0 aliphatic carbocycles. The monoisotopic (exact) mass is 336 g/mol. The van der Waals surface area contributed by atoms with Gasteiger partial charge in [-0.1, -0.05) is 6.92 Å². The largest absolute Gasteiger partial charge is 0.395 e. The molecule has 7 nitrogen and oxygen atoms in total. The average Bonchev–Trinajstić information content (AvgIpc) is 2.63. The molecule has 3 heterocycles. The lowest BCUT2D eigenvalue weighted by atomic mass is 9.70. The van der Waals surface area contributed by atoms with Gasteiger partial charge < -0.3 is 25.2 Å². The molecule has 2 aliphatic rings. The number of hydrogen-bond acceptors (Lipinski definition) is 7. The number of aliphatic hydroxyl groups is 2. The van der Waals surface area contributed by atoms with E-state index in [1.54, 1.807) is 6.33 Å². The molecule has 134 valence electrons. The maximum absolute atomic E-state index is 11.2. The Hall–Kier alpha value is -1.44. The van der Waals surface area contributed by atoms with Crippen molar-refractivity contribution in [1.82, 2.24) is 9.97 Å². The highest BCUT2D eigenvalue weighted by Gasteiger charge is 2.45. The number of hydrogen-bond donors (Lipinski definition) is 3. The highest BCUT2D eigenvalue weighted by atomic mass is 16.5.